The van der Waals surface area contributed by atoms with Crippen molar-refractivity contribution in [1.82, 2.24) is 9.55 Å². The molecular weight excluding hydrogens is 384 g/mol. The van der Waals surface area contributed by atoms with E-state index in [1.165, 1.54) is 5.56 Å². The number of thioether (sulfide) groups is 2. The molecule has 0 N–H and O–H groups in total. The van der Waals surface area contributed by atoms with Gasteiger partial charge >= 0.3 is 0 Å². The summed E-state index contributed by atoms with van der Waals surface area (Å²) in [6.45, 7) is 4.12. The third-order valence-corrected chi connectivity index (χ3v) is 6.55. The first-order valence-electron chi connectivity index (χ1n) is 9.33. The summed E-state index contributed by atoms with van der Waals surface area (Å²) < 4.78 is 1.79. The van der Waals surface area contributed by atoms with Gasteiger partial charge in [0, 0.05) is 17.9 Å². The average molecular weight is 407 g/mol. The molecule has 2 heterocycles. The summed E-state index contributed by atoms with van der Waals surface area (Å²) in [5.41, 5.74) is 5.38. The van der Waals surface area contributed by atoms with E-state index in [2.05, 4.69) is 56.3 Å². The van der Waals surface area contributed by atoms with Crippen molar-refractivity contribution < 1.29 is 0 Å². The zero-order valence-electron chi connectivity index (χ0n) is 16.0. The van der Waals surface area contributed by atoms with E-state index in [9.17, 15) is 4.79 Å². The summed E-state index contributed by atoms with van der Waals surface area (Å²) in [5, 5.41) is 0.772. The third kappa shape index (κ3) is 4.10. The second-order valence-corrected chi connectivity index (χ2v) is 8.97. The Balaban J connectivity index is 1.69. The summed E-state index contributed by atoms with van der Waals surface area (Å²) in [7, 11) is 0. The first kappa shape index (κ1) is 19.1. The smallest absolute Gasteiger partial charge is 0.268 e. The van der Waals surface area contributed by atoms with E-state index in [1.807, 2.05) is 18.2 Å². The molecule has 3 aromatic rings. The Kier molecular flexibility index (Phi) is 5.74. The highest BCUT2D eigenvalue weighted by Crippen LogP contribution is 2.30. The van der Waals surface area contributed by atoms with Crippen LogP contribution in [0.5, 0.6) is 0 Å². The summed E-state index contributed by atoms with van der Waals surface area (Å²) in [6, 6.07) is 16.5. The molecule has 28 heavy (non-hydrogen) atoms. The van der Waals surface area contributed by atoms with Crippen LogP contribution in [-0.2, 0) is 6.42 Å². The molecule has 0 bridgehead atoms. The van der Waals surface area contributed by atoms with Gasteiger partial charge < -0.3 is 0 Å². The van der Waals surface area contributed by atoms with Crippen molar-refractivity contribution in [3.05, 3.63) is 87.3 Å². The molecule has 0 atom stereocenters. The van der Waals surface area contributed by atoms with Crippen molar-refractivity contribution in [2.75, 3.05) is 11.5 Å². The van der Waals surface area contributed by atoms with E-state index in [4.69, 9.17) is 4.98 Å². The van der Waals surface area contributed by atoms with Crippen LogP contribution in [0.1, 0.15) is 22.4 Å². The number of nitrogens with zero attached hydrogens (tertiary/aromatic N) is 2. The van der Waals surface area contributed by atoms with E-state index in [-0.39, 0.29) is 5.56 Å². The molecule has 0 aliphatic carbocycles. The number of fused-ring (bicyclic) bond motifs is 1. The second kappa shape index (κ2) is 8.41. The van der Waals surface area contributed by atoms with Crippen LogP contribution in [0.3, 0.4) is 0 Å². The van der Waals surface area contributed by atoms with Gasteiger partial charge in [0.15, 0.2) is 5.16 Å². The monoisotopic (exact) mass is 406 g/mol. The van der Waals surface area contributed by atoms with Crippen LogP contribution in [0.15, 0.2) is 69.5 Å². The molecule has 0 radical (unpaired) electrons. The highest BCUT2D eigenvalue weighted by molar-refractivity contribution is 7.99. The fraction of sp³-hybridized carbons (Fsp3) is 0.217. The number of aryl methyl sites for hydroxylation is 3. The van der Waals surface area contributed by atoms with E-state index in [0.29, 0.717) is 0 Å². The minimum atomic E-state index is 0.0621. The SMILES string of the molecule is Cc1cc(C)cc(-n2c(SC/C=C/c3ccccc3)nc3c(c2=O)SCC3)c1. The number of benzene rings is 2. The van der Waals surface area contributed by atoms with Gasteiger partial charge in [-0.3, -0.25) is 9.36 Å². The highest BCUT2D eigenvalue weighted by atomic mass is 32.2. The maximum atomic E-state index is 13.2. The molecule has 4 rings (SSSR count). The van der Waals surface area contributed by atoms with E-state index in [0.717, 1.165) is 50.5 Å². The van der Waals surface area contributed by atoms with Crippen LogP contribution < -0.4 is 5.56 Å². The second-order valence-electron chi connectivity index (χ2n) is 6.88. The molecule has 1 aliphatic heterocycles. The molecule has 2 aromatic carbocycles. The van der Waals surface area contributed by atoms with Crippen LogP contribution >= 0.6 is 23.5 Å². The van der Waals surface area contributed by atoms with Gasteiger partial charge in [0.2, 0.25) is 0 Å². The molecule has 5 heteroatoms. The zero-order chi connectivity index (χ0) is 19.5. The molecular formula is C23H22N2OS2. The van der Waals surface area contributed by atoms with Gasteiger partial charge in [0.05, 0.1) is 16.3 Å². The number of rotatable bonds is 5. The minimum Gasteiger partial charge on any atom is -0.268 e. The van der Waals surface area contributed by atoms with E-state index < -0.39 is 0 Å². The van der Waals surface area contributed by atoms with Crippen molar-refractivity contribution in [2.45, 2.75) is 30.3 Å². The summed E-state index contributed by atoms with van der Waals surface area (Å²) in [6.07, 6.45) is 5.10. The quantitative estimate of drug-likeness (QED) is 0.425. The number of hydrogen-bond donors (Lipinski definition) is 0. The van der Waals surface area contributed by atoms with Gasteiger partial charge in [-0.15, -0.1) is 11.8 Å². The van der Waals surface area contributed by atoms with Gasteiger partial charge in [0.1, 0.15) is 0 Å². The molecule has 0 unspecified atom stereocenters. The lowest BCUT2D eigenvalue weighted by Gasteiger charge is -2.14. The van der Waals surface area contributed by atoms with Crippen molar-refractivity contribution in [1.29, 1.82) is 0 Å². The van der Waals surface area contributed by atoms with Crippen LogP contribution in [0.2, 0.25) is 0 Å². The Morgan fingerprint density at radius 3 is 2.64 bits per heavy atom. The van der Waals surface area contributed by atoms with Gasteiger partial charge in [-0.25, -0.2) is 4.98 Å². The first-order chi connectivity index (χ1) is 13.6. The maximum Gasteiger partial charge on any atom is 0.272 e. The van der Waals surface area contributed by atoms with E-state index >= 15 is 0 Å². The standard InChI is InChI=1S/C23H22N2OS2/c1-16-13-17(2)15-19(14-16)25-22(26)21-20(10-12-27-21)24-23(25)28-11-6-9-18-7-4-3-5-8-18/h3-9,13-15H,10-12H2,1-2H3/b9-6+. The molecule has 1 aliphatic rings. The highest BCUT2D eigenvalue weighted by Gasteiger charge is 2.22. The molecule has 0 fully saturated rings. The molecule has 0 saturated heterocycles. The minimum absolute atomic E-state index is 0.0621. The Morgan fingerprint density at radius 1 is 1.14 bits per heavy atom. The van der Waals surface area contributed by atoms with Crippen LogP contribution in [0.25, 0.3) is 11.8 Å². The van der Waals surface area contributed by atoms with Gasteiger partial charge in [-0.05, 0) is 42.7 Å². The van der Waals surface area contributed by atoms with Crippen LogP contribution in [-0.4, -0.2) is 21.1 Å². The largest absolute Gasteiger partial charge is 0.272 e. The Bertz CT molecular complexity index is 1070. The molecule has 1 aromatic heterocycles. The predicted octanol–water partition coefficient (Wildman–Crippen LogP) is 5.30. The zero-order valence-corrected chi connectivity index (χ0v) is 17.6. The lowest BCUT2D eigenvalue weighted by molar-refractivity contribution is 0.739. The van der Waals surface area contributed by atoms with Gasteiger partial charge in [-0.2, -0.15) is 0 Å². The lowest BCUT2D eigenvalue weighted by atomic mass is 10.1. The average Bonchev–Trinajstić information content (AvgIpc) is 3.14. The Labute approximate surface area is 173 Å². The van der Waals surface area contributed by atoms with E-state index in [1.54, 1.807) is 28.1 Å². The lowest BCUT2D eigenvalue weighted by Crippen LogP contribution is -2.24. The van der Waals surface area contributed by atoms with Crippen molar-refractivity contribution >= 4 is 29.6 Å². The fourth-order valence-corrected chi connectivity index (χ4v) is 5.23. The topological polar surface area (TPSA) is 34.9 Å². The normalized spacial score (nSPS) is 13.2. The van der Waals surface area contributed by atoms with Crippen LogP contribution in [0, 0.1) is 13.8 Å². The fourth-order valence-electron chi connectivity index (χ4n) is 3.37. The Morgan fingerprint density at radius 2 is 1.89 bits per heavy atom. The summed E-state index contributed by atoms with van der Waals surface area (Å²) in [5.74, 6) is 1.70. The summed E-state index contributed by atoms with van der Waals surface area (Å²) in [4.78, 5) is 18.9. The van der Waals surface area contributed by atoms with Crippen molar-refractivity contribution in [3.63, 3.8) is 0 Å². The Hall–Kier alpha value is -2.24. The first-order valence-corrected chi connectivity index (χ1v) is 11.3. The molecule has 0 amide bonds. The van der Waals surface area contributed by atoms with Gasteiger partial charge in [-0.1, -0.05) is 60.3 Å². The summed E-state index contributed by atoms with van der Waals surface area (Å²) >= 11 is 3.24. The molecule has 0 spiro atoms. The number of aromatic nitrogens is 2. The maximum absolute atomic E-state index is 13.2. The van der Waals surface area contributed by atoms with Gasteiger partial charge in [0.25, 0.3) is 5.56 Å². The number of hydrogen-bond acceptors (Lipinski definition) is 4. The molecule has 0 saturated carbocycles. The molecule has 142 valence electrons. The third-order valence-electron chi connectivity index (χ3n) is 4.55. The van der Waals surface area contributed by atoms with Crippen LogP contribution in [0.4, 0.5) is 0 Å². The molecule has 3 nitrogen and oxygen atoms in total. The van der Waals surface area contributed by atoms with Crippen molar-refractivity contribution in [3.8, 4) is 5.69 Å². The predicted molar refractivity (Wildman–Crippen MR) is 120 cm³/mol. The van der Waals surface area contributed by atoms with Crippen molar-refractivity contribution in [2.24, 2.45) is 0 Å².